The van der Waals surface area contributed by atoms with Gasteiger partial charge in [0.1, 0.15) is 6.33 Å². The van der Waals surface area contributed by atoms with Crippen LogP contribution in [-0.2, 0) is 0 Å². The number of allylic oxidation sites excluding steroid dienone is 1. The molecule has 0 radical (unpaired) electrons. The molecule has 0 N–H and O–H groups in total. The van der Waals surface area contributed by atoms with Crippen molar-refractivity contribution in [2.24, 2.45) is 0 Å². The summed E-state index contributed by atoms with van der Waals surface area (Å²) in [6.07, 6.45) is 1.61. The van der Waals surface area contributed by atoms with E-state index in [1.165, 1.54) is 5.56 Å². The van der Waals surface area contributed by atoms with Crippen molar-refractivity contribution < 1.29 is 0 Å². The van der Waals surface area contributed by atoms with E-state index in [9.17, 15) is 0 Å². The summed E-state index contributed by atoms with van der Waals surface area (Å²) in [4.78, 5) is 8.59. The van der Waals surface area contributed by atoms with Gasteiger partial charge < -0.3 is 0 Å². The molecule has 0 aliphatic heterocycles. The summed E-state index contributed by atoms with van der Waals surface area (Å²) >= 11 is 0. The van der Waals surface area contributed by atoms with Gasteiger partial charge in [-0.2, -0.15) is 0 Å². The molecule has 2 heteroatoms. The van der Waals surface area contributed by atoms with Gasteiger partial charge in [-0.1, -0.05) is 32.6 Å². The van der Waals surface area contributed by atoms with E-state index in [4.69, 9.17) is 0 Å². The lowest BCUT2D eigenvalue weighted by molar-refractivity contribution is 0.868. The van der Waals surface area contributed by atoms with Crippen LogP contribution in [0.5, 0.6) is 0 Å². The van der Waals surface area contributed by atoms with Gasteiger partial charge in [-0.05, 0) is 30.0 Å². The molecule has 0 bridgehead atoms. The van der Waals surface area contributed by atoms with Gasteiger partial charge >= 0.3 is 0 Å². The number of hydrogen-bond donors (Lipinski definition) is 0. The lowest BCUT2D eigenvalue weighted by atomic mass is 10.00. The molecule has 0 amide bonds. The second kappa shape index (κ2) is 4.05. The predicted octanol–water partition coefficient (Wildman–Crippen LogP) is 3.79. The second-order valence-corrected chi connectivity index (χ2v) is 4.43. The number of benzene rings is 1. The van der Waals surface area contributed by atoms with E-state index in [2.05, 4.69) is 48.6 Å². The van der Waals surface area contributed by atoms with Crippen molar-refractivity contribution in [1.82, 2.24) is 9.97 Å². The zero-order valence-electron chi connectivity index (χ0n) is 9.99. The average molecular weight is 212 g/mol. The first-order chi connectivity index (χ1) is 7.59. The summed E-state index contributed by atoms with van der Waals surface area (Å²) in [6, 6.07) is 6.37. The minimum atomic E-state index is 0.521. The summed E-state index contributed by atoms with van der Waals surface area (Å²) in [5.74, 6) is 0.521. The monoisotopic (exact) mass is 212 g/mol. The Kier molecular flexibility index (Phi) is 2.73. The van der Waals surface area contributed by atoms with Crippen molar-refractivity contribution in [3.63, 3.8) is 0 Å². The van der Waals surface area contributed by atoms with Gasteiger partial charge in [0, 0.05) is 5.39 Å². The first kappa shape index (κ1) is 10.8. The highest BCUT2D eigenvalue weighted by molar-refractivity contribution is 5.89. The molecule has 0 aliphatic carbocycles. The van der Waals surface area contributed by atoms with Crippen molar-refractivity contribution in [3.8, 4) is 0 Å². The van der Waals surface area contributed by atoms with Crippen molar-refractivity contribution >= 4 is 16.5 Å². The van der Waals surface area contributed by atoms with Crippen LogP contribution < -0.4 is 0 Å². The average Bonchev–Trinajstić information content (AvgIpc) is 2.27. The zero-order chi connectivity index (χ0) is 11.7. The maximum atomic E-state index is 4.32. The molecule has 0 saturated carbocycles. The molecule has 16 heavy (non-hydrogen) atoms. The van der Waals surface area contributed by atoms with Crippen molar-refractivity contribution in [3.05, 3.63) is 42.4 Å². The van der Waals surface area contributed by atoms with E-state index in [0.29, 0.717) is 5.92 Å². The molecule has 0 fully saturated rings. The lowest BCUT2D eigenvalue weighted by Crippen LogP contribution is -1.93. The smallest absolute Gasteiger partial charge is 0.116 e. The SMILES string of the molecule is C=C(C)c1ncnc2cc(C(C)C)ccc12. The van der Waals surface area contributed by atoms with Crippen LogP contribution in [0.4, 0.5) is 0 Å². The Labute approximate surface area is 96.1 Å². The van der Waals surface area contributed by atoms with Crippen LogP contribution in [0.15, 0.2) is 31.1 Å². The molecule has 1 aromatic heterocycles. The van der Waals surface area contributed by atoms with Gasteiger partial charge in [0.15, 0.2) is 0 Å². The number of fused-ring (bicyclic) bond motifs is 1. The minimum absolute atomic E-state index is 0.521. The second-order valence-electron chi connectivity index (χ2n) is 4.43. The van der Waals surface area contributed by atoms with Gasteiger partial charge in [0.05, 0.1) is 11.2 Å². The van der Waals surface area contributed by atoms with E-state index in [-0.39, 0.29) is 0 Å². The third kappa shape index (κ3) is 1.83. The first-order valence-corrected chi connectivity index (χ1v) is 5.50. The Balaban J connectivity index is 2.69. The van der Waals surface area contributed by atoms with Crippen LogP contribution in [0.3, 0.4) is 0 Å². The summed E-state index contributed by atoms with van der Waals surface area (Å²) in [5, 5.41) is 1.08. The van der Waals surface area contributed by atoms with Gasteiger partial charge in [-0.15, -0.1) is 0 Å². The van der Waals surface area contributed by atoms with Crippen molar-refractivity contribution in [2.45, 2.75) is 26.7 Å². The Hall–Kier alpha value is -1.70. The molecule has 2 aromatic rings. The predicted molar refractivity (Wildman–Crippen MR) is 68.3 cm³/mol. The molecule has 1 aromatic carbocycles. The van der Waals surface area contributed by atoms with E-state index in [1.54, 1.807) is 6.33 Å². The number of hydrogen-bond acceptors (Lipinski definition) is 2. The van der Waals surface area contributed by atoms with E-state index in [0.717, 1.165) is 22.2 Å². The Morgan fingerprint density at radius 3 is 2.62 bits per heavy atom. The van der Waals surface area contributed by atoms with Crippen molar-refractivity contribution in [2.75, 3.05) is 0 Å². The normalized spacial score (nSPS) is 11.0. The molecule has 0 unspecified atom stereocenters. The molecule has 0 atom stereocenters. The Morgan fingerprint density at radius 2 is 2.00 bits per heavy atom. The summed E-state index contributed by atoms with van der Waals surface area (Å²) in [5.41, 5.74) is 4.23. The van der Waals surface area contributed by atoms with Gasteiger partial charge in [0.2, 0.25) is 0 Å². The molecular weight excluding hydrogens is 196 g/mol. The molecule has 82 valence electrons. The number of rotatable bonds is 2. The highest BCUT2D eigenvalue weighted by atomic mass is 14.8. The van der Waals surface area contributed by atoms with Gasteiger partial charge in [-0.3, -0.25) is 0 Å². The fourth-order valence-corrected chi connectivity index (χ4v) is 1.77. The van der Waals surface area contributed by atoms with Crippen LogP contribution in [0.1, 0.15) is 37.9 Å². The molecule has 0 saturated heterocycles. The highest BCUT2D eigenvalue weighted by Gasteiger charge is 2.06. The van der Waals surface area contributed by atoms with E-state index >= 15 is 0 Å². The fraction of sp³-hybridized carbons (Fsp3) is 0.286. The summed E-state index contributed by atoms with van der Waals surface area (Å²) in [6.45, 7) is 10.3. The minimum Gasteiger partial charge on any atom is -0.236 e. The summed E-state index contributed by atoms with van der Waals surface area (Å²) in [7, 11) is 0. The standard InChI is InChI=1S/C14H16N2/c1-9(2)11-5-6-12-13(7-11)15-8-16-14(12)10(3)4/h5-9H,3H2,1-2,4H3. The van der Waals surface area contributed by atoms with Gasteiger partial charge in [-0.25, -0.2) is 9.97 Å². The molecular formula is C14H16N2. The maximum Gasteiger partial charge on any atom is 0.116 e. The largest absolute Gasteiger partial charge is 0.236 e. The van der Waals surface area contributed by atoms with Crippen LogP contribution >= 0.6 is 0 Å². The van der Waals surface area contributed by atoms with E-state index < -0.39 is 0 Å². The van der Waals surface area contributed by atoms with Crippen LogP contribution in [0.2, 0.25) is 0 Å². The third-order valence-corrected chi connectivity index (χ3v) is 2.73. The maximum absolute atomic E-state index is 4.32. The van der Waals surface area contributed by atoms with Crippen LogP contribution in [0, 0.1) is 0 Å². The summed E-state index contributed by atoms with van der Waals surface area (Å²) < 4.78 is 0. The topological polar surface area (TPSA) is 25.8 Å². The molecule has 0 aliphatic rings. The molecule has 2 nitrogen and oxygen atoms in total. The molecule has 0 spiro atoms. The van der Waals surface area contributed by atoms with Crippen molar-refractivity contribution in [1.29, 1.82) is 0 Å². The first-order valence-electron chi connectivity index (χ1n) is 5.50. The third-order valence-electron chi connectivity index (χ3n) is 2.73. The quantitative estimate of drug-likeness (QED) is 0.757. The van der Waals surface area contributed by atoms with Crippen LogP contribution in [0.25, 0.3) is 16.5 Å². The highest BCUT2D eigenvalue weighted by Crippen LogP contribution is 2.24. The lowest BCUT2D eigenvalue weighted by Gasteiger charge is -2.08. The Bertz CT molecular complexity index is 541. The zero-order valence-corrected chi connectivity index (χ0v) is 9.99. The fourth-order valence-electron chi connectivity index (χ4n) is 1.77. The molecule has 1 heterocycles. The Morgan fingerprint density at radius 1 is 1.25 bits per heavy atom. The van der Waals surface area contributed by atoms with Gasteiger partial charge in [0.25, 0.3) is 0 Å². The molecule has 2 rings (SSSR count). The van der Waals surface area contributed by atoms with E-state index in [1.807, 2.05) is 6.92 Å². The number of aromatic nitrogens is 2. The number of nitrogens with zero attached hydrogens (tertiary/aromatic N) is 2. The van der Waals surface area contributed by atoms with Crippen LogP contribution in [-0.4, -0.2) is 9.97 Å².